The molecule has 2 aromatic rings. The Morgan fingerprint density at radius 1 is 1.59 bits per heavy atom. The molecule has 0 amide bonds. The number of aliphatic hydroxyl groups excluding tert-OH is 1. The molecule has 1 aromatic carbocycles. The zero-order chi connectivity index (χ0) is 12.4. The summed E-state index contributed by atoms with van der Waals surface area (Å²) in [5.41, 5.74) is 2.21. The van der Waals surface area contributed by atoms with Crippen LogP contribution in [-0.2, 0) is 7.05 Å². The van der Waals surface area contributed by atoms with Gasteiger partial charge in [-0.1, -0.05) is 0 Å². The third-order valence-corrected chi connectivity index (χ3v) is 2.71. The van der Waals surface area contributed by atoms with Crippen LogP contribution in [0.15, 0.2) is 24.5 Å². The van der Waals surface area contributed by atoms with E-state index in [-0.39, 0.29) is 12.3 Å². The lowest BCUT2D eigenvalue weighted by Crippen LogP contribution is -2.31. The van der Waals surface area contributed by atoms with Crippen LogP contribution in [0, 0.1) is 0 Å². The van der Waals surface area contributed by atoms with Crippen molar-refractivity contribution in [1.82, 2.24) is 14.9 Å². The van der Waals surface area contributed by atoms with Crippen LogP contribution in [0.3, 0.4) is 0 Å². The fraction of sp³-hybridized carbons (Fsp3) is 0.333. The monoisotopic (exact) mass is 233 g/mol. The molecule has 1 aromatic heterocycles. The van der Waals surface area contributed by atoms with Gasteiger partial charge in [-0.3, -0.25) is 4.79 Å². The number of fused-ring (bicyclic) bond motifs is 1. The lowest BCUT2D eigenvalue weighted by atomic mass is 10.1. The number of likely N-dealkylation sites (N-methyl/N-ethyl adjacent to an activating group) is 1. The second-order valence-corrected chi connectivity index (χ2v) is 4.00. The molecule has 0 fully saturated rings. The minimum absolute atomic E-state index is 0.249. The van der Waals surface area contributed by atoms with E-state index in [4.69, 9.17) is 0 Å². The van der Waals surface area contributed by atoms with E-state index < -0.39 is 6.10 Å². The van der Waals surface area contributed by atoms with Gasteiger partial charge in [0.2, 0.25) is 0 Å². The number of nitrogens with zero attached hydrogens (tertiary/aromatic N) is 2. The number of aliphatic hydroxyl groups is 1. The molecular weight excluding hydrogens is 218 g/mol. The van der Waals surface area contributed by atoms with Crippen molar-refractivity contribution in [2.75, 3.05) is 13.6 Å². The number of aromatic nitrogens is 2. The van der Waals surface area contributed by atoms with Gasteiger partial charge in [-0.2, -0.15) is 0 Å². The smallest absolute Gasteiger partial charge is 0.192 e. The molecule has 5 heteroatoms. The predicted octanol–water partition coefficient (Wildman–Crippen LogP) is 0.336. The summed E-state index contributed by atoms with van der Waals surface area (Å²) in [5, 5.41) is 12.4. The average molecular weight is 233 g/mol. The number of hydrogen-bond acceptors (Lipinski definition) is 4. The minimum atomic E-state index is -1.01. The van der Waals surface area contributed by atoms with Crippen molar-refractivity contribution in [3.63, 3.8) is 0 Å². The first-order chi connectivity index (χ1) is 8.13. The molecule has 0 bridgehead atoms. The molecule has 2 N–H and O–H groups in total. The van der Waals surface area contributed by atoms with Crippen LogP contribution in [0.4, 0.5) is 0 Å². The van der Waals surface area contributed by atoms with Crippen LogP contribution in [0.25, 0.3) is 11.0 Å². The van der Waals surface area contributed by atoms with Crippen molar-refractivity contribution in [2.24, 2.45) is 7.05 Å². The van der Waals surface area contributed by atoms with Crippen LogP contribution in [-0.4, -0.2) is 40.1 Å². The van der Waals surface area contributed by atoms with Gasteiger partial charge in [-0.15, -0.1) is 0 Å². The van der Waals surface area contributed by atoms with E-state index >= 15 is 0 Å². The second-order valence-electron chi connectivity index (χ2n) is 4.00. The van der Waals surface area contributed by atoms with E-state index in [9.17, 15) is 9.90 Å². The Morgan fingerprint density at radius 3 is 3.06 bits per heavy atom. The highest BCUT2D eigenvalue weighted by Gasteiger charge is 2.16. The van der Waals surface area contributed by atoms with Gasteiger partial charge < -0.3 is 15.0 Å². The Kier molecular flexibility index (Phi) is 3.21. The molecule has 1 unspecified atom stereocenters. The minimum Gasteiger partial charge on any atom is -0.384 e. The molecule has 2 rings (SSSR count). The fourth-order valence-electron chi connectivity index (χ4n) is 1.77. The Labute approximate surface area is 99.1 Å². The van der Waals surface area contributed by atoms with Crippen molar-refractivity contribution in [2.45, 2.75) is 6.10 Å². The number of carbonyl (C=O) groups excluding carboxylic acids is 1. The maximum Gasteiger partial charge on any atom is 0.192 e. The first kappa shape index (κ1) is 11.8. The SMILES string of the molecule is CNCC(O)C(=O)c1ccc2c(c1)ncn2C. The Balaban J connectivity index is 2.33. The second kappa shape index (κ2) is 4.65. The molecule has 90 valence electrons. The molecule has 0 saturated carbocycles. The summed E-state index contributed by atoms with van der Waals surface area (Å²) < 4.78 is 1.88. The predicted molar refractivity (Wildman–Crippen MR) is 65.0 cm³/mol. The van der Waals surface area contributed by atoms with Gasteiger partial charge in [-0.05, 0) is 25.2 Å². The van der Waals surface area contributed by atoms with Crippen LogP contribution in [0.5, 0.6) is 0 Å². The number of ketones is 1. The summed E-state index contributed by atoms with van der Waals surface area (Å²) in [6, 6.07) is 5.25. The molecule has 0 aliphatic rings. The molecule has 0 aliphatic heterocycles. The zero-order valence-electron chi connectivity index (χ0n) is 9.84. The Bertz CT molecular complexity index is 548. The highest BCUT2D eigenvalue weighted by molar-refractivity contribution is 6.01. The largest absolute Gasteiger partial charge is 0.384 e. The molecular formula is C12H15N3O2. The summed E-state index contributed by atoms with van der Waals surface area (Å²) in [6.07, 6.45) is 0.685. The summed E-state index contributed by atoms with van der Waals surface area (Å²) >= 11 is 0. The third kappa shape index (κ3) is 2.20. The van der Waals surface area contributed by atoms with Crippen molar-refractivity contribution < 1.29 is 9.90 Å². The highest BCUT2D eigenvalue weighted by Crippen LogP contribution is 2.15. The number of imidazole rings is 1. The Morgan fingerprint density at radius 2 is 2.35 bits per heavy atom. The standard InChI is InChI=1S/C12H15N3O2/c1-13-6-11(16)12(17)8-3-4-10-9(5-8)14-7-15(10)2/h3-5,7,11,13,16H,6H2,1-2H3. The third-order valence-electron chi connectivity index (χ3n) is 2.71. The molecule has 0 radical (unpaired) electrons. The number of carbonyl (C=O) groups is 1. The topological polar surface area (TPSA) is 67.2 Å². The van der Waals surface area contributed by atoms with Crippen LogP contribution >= 0.6 is 0 Å². The molecule has 1 heterocycles. The summed E-state index contributed by atoms with van der Waals surface area (Å²) in [7, 11) is 3.59. The number of Topliss-reactive ketones (excluding diaryl/α,β-unsaturated/α-hetero) is 1. The van der Waals surface area contributed by atoms with Crippen molar-refractivity contribution in [3.05, 3.63) is 30.1 Å². The molecule has 0 spiro atoms. The Hall–Kier alpha value is -1.72. The maximum atomic E-state index is 11.9. The zero-order valence-corrected chi connectivity index (χ0v) is 9.84. The summed E-state index contributed by atoms with van der Waals surface area (Å²) in [6.45, 7) is 0.249. The lowest BCUT2D eigenvalue weighted by Gasteiger charge is -2.08. The van der Waals surface area contributed by atoms with E-state index in [1.54, 1.807) is 25.5 Å². The molecule has 0 saturated heterocycles. The van der Waals surface area contributed by atoms with Crippen LogP contribution in [0.2, 0.25) is 0 Å². The molecule has 5 nitrogen and oxygen atoms in total. The summed E-state index contributed by atoms with van der Waals surface area (Å²) in [5.74, 6) is -0.285. The van der Waals surface area contributed by atoms with E-state index in [0.29, 0.717) is 5.56 Å². The van der Waals surface area contributed by atoms with Crippen molar-refractivity contribution >= 4 is 16.8 Å². The van der Waals surface area contributed by atoms with Crippen molar-refractivity contribution in [1.29, 1.82) is 0 Å². The molecule has 0 aliphatic carbocycles. The normalized spacial score (nSPS) is 12.9. The van der Waals surface area contributed by atoms with Gasteiger partial charge in [-0.25, -0.2) is 4.98 Å². The van der Waals surface area contributed by atoms with Gasteiger partial charge in [0.25, 0.3) is 0 Å². The highest BCUT2D eigenvalue weighted by atomic mass is 16.3. The number of rotatable bonds is 4. The molecule has 1 atom stereocenters. The quantitative estimate of drug-likeness (QED) is 0.747. The van der Waals surface area contributed by atoms with Crippen molar-refractivity contribution in [3.8, 4) is 0 Å². The van der Waals surface area contributed by atoms with Crippen LogP contribution < -0.4 is 5.32 Å². The van der Waals surface area contributed by atoms with Gasteiger partial charge in [0, 0.05) is 19.2 Å². The van der Waals surface area contributed by atoms with Gasteiger partial charge in [0.15, 0.2) is 5.78 Å². The van der Waals surface area contributed by atoms with E-state index in [2.05, 4.69) is 10.3 Å². The number of benzene rings is 1. The molecule has 17 heavy (non-hydrogen) atoms. The summed E-state index contributed by atoms with van der Waals surface area (Å²) in [4.78, 5) is 16.0. The van der Waals surface area contributed by atoms with Gasteiger partial charge >= 0.3 is 0 Å². The van der Waals surface area contributed by atoms with E-state index in [0.717, 1.165) is 11.0 Å². The average Bonchev–Trinajstić information content (AvgIpc) is 2.70. The number of hydrogen-bond donors (Lipinski definition) is 2. The number of aryl methyl sites for hydroxylation is 1. The first-order valence-corrected chi connectivity index (χ1v) is 5.41. The van der Waals surface area contributed by atoms with E-state index in [1.807, 2.05) is 17.7 Å². The van der Waals surface area contributed by atoms with Gasteiger partial charge in [0.05, 0.1) is 17.4 Å². The van der Waals surface area contributed by atoms with Crippen LogP contribution in [0.1, 0.15) is 10.4 Å². The fourth-order valence-corrected chi connectivity index (χ4v) is 1.77. The van der Waals surface area contributed by atoms with E-state index in [1.165, 1.54) is 0 Å². The maximum absolute atomic E-state index is 11.9. The van der Waals surface area contributed by atoms with Gasteiger partial charge in [0.1, 0.15) is 6.10 Å². The number of nitrogens with one attached hydrogen (secondary N) is 1. The first-order valence-electron chi connectivity index (χ1n) is 5.41. The lowest BCUT2D eigenvalue weighted by molar-refractivity contribution is 0.0750.